The van der Waals surface area contributed by atoms with Gasteiger partial charge in [-0.1, -0.05) is 29.8 Å². The highest BCUT2D eigenvalue weighted by Crippen LogP contribution is 2.27. The molecule has 0 aliphatic rings. The molecule has 0 unspecified atom stereocenters. The molecule has 26 heavy (non-hydrogen) atoms. The topological polar surface area (TPSA) is 58.9 Å². The van der Waals surface area contributed by atoms with E-state index in [1.54, 1.807) is 6.20 Å². The first-order chi connectivity index (χ1) is 12.6. The molecule has 0 amide bonds. The molecule has 130 valence electrons. The van der Waals surface area contributed by atoms with E-state index in [1.165, 1.54) is 0 Å². The van der Waals surface area contributed by atoms with Crippen LogP contribution in [0, 0.1) is 0 Å². The molecule has 2 heterocycles. The number of hydrogen-bond donors (Lipinski definition) is 1. The standard InChI is InChI=1S/C19H17ClN6/c1-25(2)19-23-17(22-14-10-8-13(20)9-11-14)16-12-21-26(18(16)24-19)15-6-4-3-5-7-15/h3-12H,1-2H3,(H,22,23,24). The third-order valence-electron chi connectivity index (χ3n) is 3.92. The van der Waals surface area contributed by atoms with Crippen molar-refractivity contribution < 1.29 is 0 Å². The smallest absolute Gasteiger partial charge is 0.228 e. The van der Waals surface area contributed by atoms with Crippen molar-refractivity contribution in [2.24, 2.45) is 0 Å². The van der Waals surface area contributed by atoms with E-state index in [2.05, 4.69) is 20.4 Å². The molecule has 0 aliphatic heterocycles. The number of fused-ring (bicyclic) bond motifs is 1. The molecule has 0 saturated heterocycles. The van der Waals surface area contributed by atoms with E-state index in [0.29, 0.717) is 16.8 Å². The molecule has 4 aromatic rings. The SMILES string of the molecule is CN(C)c1nc(Nc2ccc(Cl)cc2)c2cnn(-c3ccccc3)c2n1. The summed E-state index contributed by atoms with van der Waals surface area (Å²) in [5.74, 6) is 1.30. The largest absolute Gasteiger partial charge is 0.347 e. The molecule has 1 N–H and O–H groups in total. The highest BCUT2D eigenvalue weighted by molar-refractivity contribution is 6.30. The van der Waals surface area contributed by atoms with Gasteiger partial charge >= 0.3 is 0 Å². The number of rotatable bonds is 4. The second-order valence-electron chi connectivity index (χ2n) is 6.03. The van der Waals surface area contributed by atoms with Gasteiger partial charge in [-0.2, -0.15) is 15.1 Å². The average molecular weight is 365 g/mol. The zero-order valence-electron chi connectivity index (χ0n) is 14.4. The molecule has 0 saturated carbocycles. The minimum atomic E-state index is 0.603. The van der Waals surface area contributed by atoms with Crippen LogP contribution in [-0.2, 0) is 0 Å². The molecule has 0 aliphatic carbocycles. The lowest BCUT2D eigenvalue weighted by Gasteiger charge is -2.14. The molecule has 2 aromatic heterocycles. The molecule has 4 rings (SSSR count). The summed E-state index contributed by atoms with van der Waals surface area (Å²) in [6.45, 7) is 0. The van der Waals surface area contributed by atoms with E-state index in [-0.39, 0.29) is 0 Å². The lowest BCUT2D eigenvalue weighted by Crippen LogP contribution is -2.14. The Morgan fingerprint density at radius 2 is 1.69 bits per heavy atom. The van der Waals surface area contributed by atoms with E-state index < -0.39 is 0 Å². The van der Waals surface area contributed by atoms with Crippen LogP contribution in [0.5, 0.6) is 0 Å². The van der Waals surface area contributed by atoms with Gasteiger partial charge in [0.2, 0.25) is 5.95 Å². The molecular formula is C19H17ClN6. The normalized spacial score (nSPS) is 10.9. The van der Waals surface area contributed by atoms with Crippen LogP contribution >= 0.6 is 11.6 Å². The zero-order valence-corrected chi connectivity index (χ0v) is 15.1. The van der Waals surface area contributed by atoms with Crippen LogP contribution < -0.4 is 10.2 Å². The second kappa shape index (κ2) is 6.65. The molecule has 0 fully saturated rings. The number of aromatic nitrogens is 4. The van der Waals surface area contributed by atoms with Crippen molar-refractivity contribution in [2.75, 3.05) is 24.3 Å². The fourth-order valence-corrected chi connectivity index (χ4v) is 2.75. The molecular weight excluding hydrogens is 348 g/mol. The minimum Gasteiger partial charge on any atom is -0.347 e. The van der Waals surface area contributed by atoms with Gasteiger partial charge in [0.1, 0.15) is 5.82 Å². The van der Waals surface area contributed by atoms with Crippen molar-refractivity contribution in [1.82, 2.24) is 19.7 Å². The number of nitrogens with one attached hydrogen (secondary N) is 1. The van der Waals surface area contributed by atoms with Crippen LogP contribution in [0.15, 0.2) is 60.8 Å². The van der Waals surface area contributed by atoms with E-state index in [1.807, 2.05) is 78.3 Å². The first kappa shape index (κ1) is 16.4. The predicted molar refractivity (Wildman–Crippen MR) is 106 cm³/mol. The van der Waals surface area contributed by atoms with Crippen LogP contribution in [0.2, 0.25) is 5.02 Å². The Morgan fingerprint density at radius 1 is 0.962 bits per heavy atom. The second-order valence-corrected chi connectivity index (χ2v) is 6.46. The highest BCUT2D eigenvalue weighted by atomic mass is 35.5. The Hall–Kier alpha value is -3.12. The van der Waals surface area contributed by atoms with Gasteiger partial charge in [0.05, 0.1) is 17.3 Å². The van der Waals surface area contributed by atoms with E-state index >= 15 is 0 Å². The van der Waals surface area contributed by atoms with Crippen LogP contribution in [0.25, 0.3) is 16.7 Å². The lowest BCUT2D eigenvalue weighted by atomic mass is 10.3. The number of halogens is 1. The van der Waals surface area contributed by atoms with Crippen molar-refractivity contribution in [3.8, 4) is 5.69 Å². The molecule has 2 aromatic carbocycles. The van der Waals surface area contributed by atoms with Crippen molar-refractivity contribution in [1.29, 1.82) is 0 Å². The fourth-order valence-electron chi connectivity index (χ4n) is 2.62. The maximum Gasteiger partial charge on any atom is 0.228 e. The third-order valence-corrected chi connectivity index (χ3v) is 4.18. The Balaban J connectivity index is 1.86. The third kappa shape index (κ3) is 3.07. The highest BCUT2D eigenvalue weighted by Gasteiger charge is 2.15. The minimum absolute atomic E-state index is 0.603. The molecule has 0 spiro atoms. The number of benzene rings is 2. The Kier molecular flexibility index (Phi) is 4.18. The summed E-state index contributed by atoms with van der Waals surface area (Å²) in [4.78, 5) is 11.2. The summed E-state index contributed by atoms with van der Waals surface area (Å²) >= 11 is 5.97. The van der Waals surface area contributed by atoms with Gasteiger partial charge in [-0.05, 0) is 36.4 Å². The summed E-state index contributed by atoms with van der Waals surface area (Å²) in [6.07, 6.45) is 1.78. The predicted octanol–water partition coefficient (Wildman–Crippen LogP) is 4.28. The lowest BCUT2D eigenvalue weighted by molar-refractivity contribution is 0.890. The van der Waals surface area contributed by atoms with Gasteiger partial charge in [0.25, 0.3) is 0 Å². The quantitative estimate of drug-likeness (QED) is 0.585. The molecule has 0 bridgehead atoms. The van der Waals surface area contributed by atoms with Crippen molar-refractivity contribution in [2.45, 2.75) is 0 Å². The van der Waals surface area contributed by atoms with Crippen LogP contribution in [0.1, 0.15) is 0 Å². The number of hydrogen-bond acceptors (Lipinski definition) is 5. The Labute approximate surface area is 156 Å². The van der Waals surface area contributed by atoms with Gasteiger partial charge in [-0.25, -0.2) is 4.68 Å². The van der Waals surface area contributed by atoms with E-state index in [0.717, 1.165) is 22.4 Å². The van der Waals surface area contributed by atoms with Crippen molar-refractivity contribution in [3.05, 3.63) is 65.8 Å². The number of nitrogens with zero attached hydrogens (tertiary/aromatic N) is 5. The summed E-state index contributed by atoms with van der Waals surface area (Å²) < 4.78 is 1.82. The summed E-state index contributed by atoms with van der Waals surface area (Å²) in [5.41, 5.74) is 2.58. The average Bonchev–Trinajstić information content (AvgIpc) is 3.08. The van der Waals surface area contributed by atoms with E-state index in [9.17, 15) is 0 Å². The summed E-state index contributed by atoms with van der Waals surface area (Å²) in [7, 11) is 3.83. The summed E-state index contributed by atoms with van der Waals surface area (Å²) in [5, 5.41) is 9.39. The van der Waals surface area contributed by atoms with Crippen molar-refractivity contribution in [3.63, 3.8) is 0 Å². The first-order valence-electron chi connectivity index (χ1n) is 8.13. The van der Waals surface area contributed by atoms with Crippen LogP contribution in [0.3, 0.4) is 0 Å². The van der Waals surface area contributed by atoms with Gasteiger partial charge in [0, 0.05) is 24.8 Å². The molecule has 0 atom stereocenters. The molecule has 0 radical (unpaired) electrons. The summed E-state index contributed by atoms with van der Waals surface area (Å²) in [6, 6.07) is 17.4. The van der Waals surface area contributed by atoms with Gasteiger partial charge in [-0.15, -0.1) is 0 Å². The van der Waals surface area contributed by atoms with Crippen LogP contribution in [0.4, 0.5) is 17.5 Å². The van der Waals surface area contributed by atoms with Crippen molar-refractivity contribution >= 4 is 40.1 Å². The Bertz CT molecular complexity index is 1040. The molecule has 7 heteroatoms. The zero-order chi connectivity index (χ0) is 18.1. The monoisotopic (exact) mass is 364 g/mol. The maximum atomic E-state index is 5.97. The van der Waals surface area contributed by atoms with E-state index in [4.69, 9.17) is 11.6 Å². The number of anilines is 3. The first-order valence-corrected chi connectivity index (χ1v) is 8.51. The maximum absolute atomic E-state index is 5.97. The fraction of sp³-hybridized carbons (Fsp3) is 0.105. The van der Waals surface area contributed by atoms with Gasteiger partial charge in [0.15, 0.2) is 5.65 Å². The van der Waals surface area contributed by atoms with Crippen LogP contribution in [-0.4, -0.2) is 33.8 Å². The molecule has 6 nitrogen and oxygen atoms in total. The van der Waals surface area contributed by atoms with Gasteiger partial charge < -0.3 is 10.2 Å². The number of para-hydroxylation sites is 1. The Morgan fingerprint density at radius 3 is 2.38 bits per heavy atom. The van der Waals surface area contributed by atoms with Gasteiger partial charge in [-0.3, -0.25) is 0 Å².